The van der Waals surface area contributed by atoms with E-state index < -0.39 is 29.1 Å². The zero-order chi connectivity index (χ0) is 19.5. The zero-order valence-electron chi connectivity index (χ0n) is 16.7. The van der Waals surface area contributed by atoms with Gasteiger partial charge in [0.15, 0.2) is 5.79 Å². The highest BCUT2D eigenvalue weighted by Crippen LogP contribution is 2.26. The lowest BCUT2D eigenvalue weighted by atomic mass is 10.1. The molecule has 0 aliphatic carbocycles. The Bertz CT molecular complexity index is 475. The van der Waals surface area contributed by atoms with E-state index in [1.54, 1.807) is 20.8 Å². The van der Waals surface area contributed by atoms with Gasteiger partial charge in [-0.25, -0.2) is 4.79 Å². The van der Waals surface area contributed by atoms with Gasteiger partial charge >= 0.3 is 12.1 Å². The fourth-order valence-corrected chi connectivity index (χ4v) is 2.39. The lowest BCUT2D eigenvalue weighted by Gasteiger charge is -2.27. The van der Waals surface area contributed by atoms with Crippen LogP contribution in [0.25, 0.3) is 0 Å². The summed E-state index contributed by atoms with van der Waals surface area (Å²) in [6.45, 7) is 14.8. The molecule has 0 saturated carbocycles. The van der Waals surface area contributed by atoms with Gasteiger partial charge in [-0.2, -0.15) is 0 Å². The minimum absolute atomic E-state index is 0.165. The first-order valence-corrected chi connectivity index (χ1v) is 8.70. The van der Waals surface area contributed by atoms with Crippen LogP contribution in [-0.4, -0.2) is 47.8 Å². The van der Waals surface area contributed by atoms with E-state index in [9.17, 15) is 9.59 Å². The van der Waals surface area contributed by atoms with E-state index in [1.807, 2.05) is 34.6 Å². The number of carbonyl (C=O) groups excluding carboxylic acids is 2. The third-order valence-electron chi connectivity index (χ3n) is 3.26. The molecule has 0 radical (unpaired) electrons. The SMILES string of the molecule is CC(C)(C)OC(=O)CC[C@@H](NC(=O)OC(C)(C)C)[C@H]1COC(C)(C)O1. The Labute approximate surface area is 150 Å². The molecule has 1 heterocycles. The van der Waals surface area contributed by atoms with Crippen LogP contribution < -0.4 is 5.32 Å². The molecule has 0 aromatic carbocycles. The highest BCUT2D eigenvalue weighted by Gasteiger charge is 2.38. The van der Waals surface area contributed by atoms with E-state index in [-0.39, 0.29) is 18.5 Å². The van der Waals surface area contributed by atoms with Crippen LogP contribution in [0.1, 0.15) is 68.2 Å². The lowest BCUT2D eigenvalue weighted by Crippen LogP contribution is -2.47. The summed E-state index contributed by atoms with van der Waals surface area (Å²) in [5.74, 6) is -1.04. The highest BCUT2D eigenvalue weighted by molar-refractivity contribution is 5.70. The van der Waals surface area contributed by atoms with Crippen molar-refractivity contribution in [3.05, 3.63) is 0 Å². The molecule has 0 spiro atoms. The molecule has 1 fully saturated rings. The number of alkyl carbamates (subject to hydrolysis) is 1. The average Bonchev–Trinajstić information content (AvgIpc) is 2.70. The molecule has 1 saturated heterocycles. The Morgan fingerprint density at radius 3 is 2.12 bits per heavy atom. The molecule has 146 valence electrons. The standard InChI is InChI=1S/C18H33NO6/c1-16(2,3)24-14(20)10-9-12(13-11-22-18(7,8)23-13)19-15(21)25-17(4,5)6/h12-13H,9-11H2,1-8H3,(H,19,21)/t12-,13-/m1/s1. The number of hydrogen-bond donors (Lipinski definition) is 1. The largest absolute Gasteiger partial charge is 0.460 e. The van der Waals surface area contributed by atoms with E-state index in [4.69, 9.17) is 18.9 Å². The number of hydrogen-bond acceptors (Lipinski definition) is 6. The van der Waals surface area contributed by atoms with Gasteiger partial charge in [0.2, 0.25) is 0 Å². The molecular weight excluding hydrogens is 326 g/mol. The fraction of sp³-hybridized carbons (Fsp3) is 0.889. The Balaban J connectivity index is 2.68. The van der Waals surface area contributed by atoms with E-state index in [1.165, 1.54) is 0 Å². The predicted octanol–water partition coefficient (Wildman–Crippen LogP) is 3.15. The Morgan fingerprint density at radius 2 is 1.68 bits per heavy atom. The van der Waals surface area contributed by atoms with E-state index in [0.29, 0.717) is 13.0 Å². The smallest absolute Gasteiger partial charge is 0.407 e. The first-order chi connectivity index (χ1) is 11.2. The molecule has 7 nitrogen and oxygen atoms in total. The molecule has 0 aromatic rings. The van der Waals surface area contributed by atoms with Gasteiger partial charge < -0.3 is 24.3 Å². The maximum atomic E-state index is 12.1. The summed E-state index contributed by atoms with van der Waals surface area (Å²) in [4.78, 5) is 24.1. The summed E-state index contributed by atoms with van der Waals surface area (Å²) < 4.78 is 22.0. The second-order valence-electron chi connectivity index (χ2n) is 8.74. The molecule has 0 unspecified atom stereocenters. The third kappa shape index (κ3) is 9.07. The maximum absolute atomic E-state index is 12.1. The molecule has 1 aliphatic heterocycles. The summed E-state index contributed by atoms with van der Waals surface area (Å²) in [5.41, 5.74) is -1.15. The first-order valence-electron chi connectivity index (χ1n) is 8.70. The summed E-state index contributed by atoms with van der Waals surface area (Å²) in [6.07, 6.45) is -0.365. The van der Waals surface area contributed by atoms with Crippen molar-refractivity contribution >= 4 is 12.1 Å². The lowest BCUT2D eigenvalue weighted by molar-refractivity contribution is -0.155. The highest BCUT2D eigenvalue weighted by atomic mass is 16.7. The zero-order valence-corrected chi connectivity index (χ0v) is 16.7. The number of esters is 1. The number of carbonyl (C=O) groups is 2. The van der Waals surface area contributed by atoms with Crippen LogP contribution in [0.15, 0.2) is 0 Å². The first kappa shape index (κ1) is 21.7. The minimum atomic E-state index is -0.718. The van der Waals surface area contributed by atoms with Gasteiger partial charge in [-0.3, -0.25) is 4.79 Å². The summed E-state index contributed by atoms with van der Waals surface area (Å²) in [7, 11) is 0. The predicted molar refractivity (Wildman–Crippen MR) is 93.1 cm³/mol. The number of ether oxygens (including phenoxy) is 4. The van der Waals surface area contributed by atoms with Crippen molar-refractivity contribution < 1.29 is 28.5 Å². The Morgan fingerprint density at radius 1 is 1.12 bits per heavy atom. The molecule has 2 atom stereocenters. The van der Waals surface area contributed by atoms with Crippen molar-refractivity contribution in [2.45, 2.75) is 97.4 Å². The number of rotatable bonds is 5. The van der Waals surface area contributed by atoms with Crippen molar-refractivity contribution in [1.82, 2.24) is 5.32 Å². The average molecular weight is 359 g/mol. The quantitative estimate of drug-likeness (QED) is 0.759. The monoisotopic (exact) mass is 359 g/mol. The summed E-state index contributed by atoms with van der Waals surface area (Å²) >= 11 is 0. The molecule has 1 N–H and O–H groups in total. The summed E-state index contributed by atoms with van der Waals surface area (Å²) in [5, 5.41) is 2.80. The molecular formula is C18H33NO6. The Kier molecular flexibility index (Phi) is 6.87. The number of nitrogens with one attached hydrogen (secondary N) is 1. The summed E-state index contributed by atoms with van der Waals surface area (Å²) in [6, 6.07) is -0.413. The Hall–Kier alpha value is -1.34. The fourth-order valence-electron chi connectivity index (χ4n) is 2.39. The topological polar surface area (TPSA) is 83.1 Å². The van der Waals surface area contributed by atoms with E-state index in [0.717, 1.165) is 0 Å². The second-order valence-corrected chi connectivity index (χ2v) is 8.74. The van der Waals surface area contributed by atoms with Gasteiger partial charge in [-0.05, 0) is 61.8 Å². The molecule has 0 aromatic heterocycles. The molecule has 1 rings (SSSR count). The molecule has 1 aliphatic rings. The van der Waals surface area contributed by atoms with Crippen molar-refractivity contribution in [1.29, 1.82) is 0 Å². The van der Waals surface area contributed by atoms with Crippen molar-refractivity contribution in [2.24, 2.45) is 0 Å². The van der Waals surface area contributed by atoms with Gasteiger partial charge in [-0.15, -0.1) is 0 Å². The van der Waals surface area contributed by atoms with Gasteiger partial charge in [-0.1, -0.05) is 0 Å². The normalized spacial score (nSPS) is 21.5. The van der Waals surface area contributed by atoms with Crippen LogP contribution in [0.2, 0.25) is 0 Å². The van der Waals surface area contributed by atoms with Crippen molar-refractivity contribution in [2.75, 3.05) is 6.61 Å². The molecule has 1 amide bonds. The van der Waals surface area contributed by atoms with Gasteiger partial charge in [0, 0.05) is 6.42 Å². The van der Waals surface area contributed by atoms with Crippen LogP contribution in [0.3, 0.4) is 0 Å². The third-order valence-corrected chi connectivity index (χ3v) is 3.26. The van der Waals surface area contributed by atoms with E-state index >= 15 is 0 Å². The second kappa shape index (κ2) is 7.91. The van der Waals surface area contributed by atoms with Gasteiger partial charge in [0.1, 0.15) is 17.3 Å². The van der Waals surface area contributed by atoms with Crippen LogP contribution in [0.4, 0.5) is 4.79 Å². The van der Waals surface area contributed by atoms with Crippen molar-refractivity contribution in [3.8, 4) is 0 Å². The van der Waals surface area contributed by atoms with Gasteiger partial charge in [0.25, 0.3) is 0 Å². The van der Waals surface area contributed by atoms with Gasteiger partial charge in [0.05, 0.1) is 12.6 Å². The van der Waals surface area contributed by atoms with Crippen LogP contribution >= 0.6 is 0 Å². The van der Waals surface area contributed by atoms with E-state index in [2.05, 4.69) is 5.32 Å². The minimum Gasteiger partial charge on any atom is -0.460 e. The van der Waals surface area contributed by atoms with Crippen LogP contribution in [-0.2, 0) is 23.7 Å². The molecule has 7 heteroatoms. The maximum Gasteiger partial charge on any atom is 0.407 e. The van der Waals surface area contributed by atoms with Crippen molar-refractivity contribution in [3.63, 3.8) is 0 Å². The number of amides is 1. The molecule has 25 heavy (non-hydrogen) atoms. The molecule has 0 bridgehead atoms. The van der Waals surface area contributed by atoms with Crippen LogP contribution in [0, 0.1) is 0 Å². The van der Waals surface area contributed by atoms with Crippen LogP contribution in [0.5, 0.6) is 0 Å².